The van der Waals surface area contributed by atoms with Gasteiger partial charge in [0.25, 0.3) is 0 Å². The Morgan fingerprint density at radius 3 is 2.83 bits per heavy atom. The molecule has 1 amide bonds. The van der Waals surface area contributed by atoms with Crippen molar-refractivity contribution in [3.8, 4) is 11.4 Å². The van der Waals surface area contributed by atoms with Crippen LogP contribution in [0.3, 0.4) is 0 Å². The number of nitrogens with two attached hydrogens (primary N) is 1. The van der Waals surface area contributed by atoms with Gasteiger partial charge in [-0.15, -0.1) is 10.2 Å². The summed E-state index contributed by atoms with van der Waals surface area (Å²) in [7, 11) is 0. The number of amides is 1. The number of halogens is 1. The first-order valence-electron chi connectivity index (χ1n) is 6.56. The predicted molar refractivity (Wildman–Crippen MR) is 96.8 cm³/mol. The SMILES string of the molecule is NC(=O)CSc1nnc(SCc2nc(-c3cccc(Br)c3)no2)s1. The van der Waals surface area contributed by atoms with Crippen molar-refractivity contribution in [3.63, 3.8) is 0 Å². The first-order valence-corrected chi connectivity index (χ1v) is 10.1. The molecule has 0 fully saturated rings. The standard InChI is InChI=1S/C13H10BrN5O2S3/c14-8-3-1-2-7(4-8)11-16-10(21-19-11)6-23-13-18-17-12(24-13)22-5-9(15)20/h1-4H,5-6H2,(H2,15,20). The van der Waals surface area contributed by atoms with Crippen LogP contribution in [0.2, 0.25) is 0 Å². The highest BCUT2D eigenvalue weighted by Crippen LogP contribution is 2.30. The monoisotopic (exact) mass is 443 g/mol. The molecule has 0 aliphatic heterocycles. The minimum atomic E-state index is -0.379. The summed E-state index contributed by atoms with van der Waals surface area (Å²) in [5.41, 5.74) is 5.98. The van der Waals surface area contributed by atoms with Crippen molar-refractivity contribution in [3.05, 3.63) is 34.6 Å². The Labute approximate surface area is 157 Å². The van der Waals surface area contributed by atoms with Gasteiger partial charge in [-0.25, -0.2) is 0 Å². The fourth-order valence-electron chi connectivity index (χ4n) is 1.63. The Kier molecular flexibility index (Phi) is 5.87. The van der Waals surface area contributed by atoms with Gasteiger partial charge in [0.15, 0.2) is 8.68 Å². The maximum absolute atomic E-state index is 10.8. The second-order valence-corrected chi connectivity index (χ2v) is 8.74. The van der Waals surface area contributed by atoms with Crippen molar-refractivity contribution >= 4 is 56.7 Å². The van der Waals surface area contributed by atoms with Crippen LogP contribution in [-0.2, 0) is 10.5 Å². The van der Waals surface area contributed by atoms with E-state index in [1.165, 1.54) is 34.9 Å². The van der Waals surface area contributed by atoms with E-state index in [2.05, 4.69) is 36.3 Å². The average Bonchev–Trinajstić information content (AvgIpc) is 3.20. The van der Waals surface area contributed by atoms with Gasteiger partial charge in [0.2, 0.25) is 17.6 Å². The Morgan fingerprint density at radius 1 is 1.29 bits per heavy atom. The summed E-state index contributed by atoms with van der Waals surface area (Å²) >= 11 is 7.54. The number of hydrogen-bond acceptors (Lipinski definition) is 9. The van der Waals surface area contributed by atoms with Gasteiger partial charge in [-0.05, 0) is 12.1 Å². The van der Waals surface area contributed by atoms with Crippen LogP contribution in [0.25, 0.3) is 11.4 Å². The number of thioether (sulfide) groups is 2. The molecule has 124 valence electrons. The Morgan fingerprint density at radius 2 is 2.08 bits per heavy atom. The van der Waals surface area contributed by atoms with Gasteiger partial charge in [-0.1, -0.05) is 68.1 Å². The molecular formula is C13H10BrN5O2S3. The van der Waals surface area contributed by atoms with Crippen molar-refractivity contribution in [1.82, 2.24) is 20.3 Å². The Hall–Kier alpha value is -1.43. The van der Waals surface area contributed by atoms with Crippen LogP contribution in [0.5, 0.6) is 0 Å². The number of primary amides is 1. The van der Waals surface area contributed by atoms with Crippen LogP contribution in [0.15, 0.2) is 41.9 Å². The van der Waals surface area contributed by atoms with E-state index in [0.29, 0.717) is 21.8 Å². The van der Waals surface area contributed by atoms with E-state index >= 15 is 0 Å². The fourth-order valence-corrected chi connectivity index (χ4v) is 4.62. The molecule has 3 aromatic rings. The molecule has 24 heavy (non-hydrogen) atoms. The zero-order valence-corrected chi connectivity index (χ0v) is 16.0. The number of nitrogens with zero attached hydrogens (tertiary/aromatic N) is 4. The highest BCUT2D eigenvalue weighted by molar-refractivity contribution is 9.10. The van der Waals surface area contributed by atoms with Crippen molar-refractivity contribution in [1.29, 1.82) is 0 Å². The smallest absolute Gasteiger partial charge is 0.237 e. The van der Waals surface area contributed by atoms with E-state index in [1.807, 2.05) is 24.3 Å². The topological polar surface area (TPSA) is 108 Å². The van der Waals surface area contributed by atoms with Gasteiger partial charge in [0.05, 0.1) is 11.5 Å². The third kappa shape index (κ3) is 4.79. The largest absolute Gasteiger partial charge is 0.369 e. The summed E-state index contributed by atoms with van der Waals surface area (Å²) in [6.45, 7) is 0. The molecule has 0 atom stereocenters. The highest BCUT2D eigenvalue weighted by Gasteiger charge is 2.12. The van der Waals surface area contributed by atoms with Crippen molar-refractivity contribution in [2.45, 2.75) is 14.4 Å². The molecule has 2 aromatic heterocycles. The van der Waals surface area contributed by atoms with Crippen LogP contribution in [-0.4, -0.2) is 32.0 Å². The fraction of sp³-hybridized carbons (Fsp3) is 0.154. The minimum absolute atomic E-state index is 0.193. The molecule has 0 bridgehead atoms. The third-order valence-electron chi connectivity index (χ3n) is 2.60. The zero-order valence-electron chi connectivity index (χ0n) is 12.0. The summed E-state index contributed by atoms with van der Waals surface area (Å²) < 4.78 is 7.69. The van der Waals surface area contributed by atoms with Crippen LogP contribution in [0, 0.1) is 0 Å². The molecule has 0 radical (unpaired) electrons. The van der Waals surface area contributed by atoms with Gasteiger partial charge < -0.3 is 10.3 Å². The number of carbonyl (C=O) groups excluding carboxylic acids is 1. The number of benzene rings is 1. The molecule has 7 nitrogen and oxygen atoms in total. The van der Waals surface area contributed by atoms with E-state index in [0.717, 1.165) is 14.4 Å². The highest BCUT2D eigenvalue weighted by atomic mass is 79.9. The van der Waals surface area contributed by atoms with Gasteiger partial charge in [0.1, 0.15) is 0 Å². The predicted octanol–water partition coefficient (Wildman–Crippen LogP) is 3.22. The van der Waals surface area contributed by atoms with Gasteiger partial charge >= 0.3 is 0 Å². The molecule has 0 saturated carbocycles. The van der Waals surface area contributed by atoms with E-state index < -0.39 is 0 Å². The Bertz CT molecular complexity index is 854. The lowest BCUT2D eigenvalue weighted by molar-refractivity contribution is -0.115. The van der Waals surface area contributed by atoms with Crippen LogP contribution in [0.4, 0.5) is 0 Å². The Balaban J connectivity index is 1.58. The lowest BCUT2D eigenvalue weighted by Crippen LogP contribution is -2.12. The van der Waals surface area contributed by atoms with Crippen molar-refractivity contribution in [2.75, 3.05) is 5.75 Å². The van der Waals surface area contributed by atoms with Crippen LogP contribution < -0.4 is 5.73 Å². The first kappa shape index (κ1) is 17.4. The lowest BCUT2D eigenvalue weighted by atomic mass is 10.2. The number of hydrogen-bond donors (Lipinski definition) is 1. The maximum atomic E-state index is 10.8. The number of carbonyl (C=O) groups is 1. The molecule has 1 aromatic carbocycles. The molecule has 11 heteroatoms. The van der Waals surface area contributed by atoms with Crippen molar-refractivity contribution < 1.29 is 9.32 Å². The van der Waals surface area contributed by atoms with E-state index in [-0.39, 0.29) is 11.7 Å². The van der Waals surface area contributed by atoms with E-state index in [4.69, 9.17) is 10.3 Å². The van der Waals surface area contributed by atoms with Gasteiger partial charge in [-0.2, -0.15) is 4.98 Å². The number of aromatic nitrogens is 4. The average molecular weight is 444 g/mol. The van der Waals surface area contributed by atoms with Crippen LogP contribution in [0.1, 0.15) is 5.89 Å². The summed E-state index contributed by atoms with van der Waals surface area (Å²) in [4.78, 5) is 15.1. The summed E-state index contributed by atoms with van der Waals surface area (Å²) in [6.07, 6.45) is 0. The lowest BCUT2D eigenvalue weighted by Gasteiger charge is -1.94. The second kappa shape index (κ2) is 8.10. The van der Waals surface area contributed by atoms with Gasteiger partial charge in [-0.3, -0.25) is 4.79 Å². The summed E-state index contributed by atoms with van der Waals surface area (Å²) in [5.74, 6) is 1.36. The zero-order chi connectivity index (χ0) is 16.9. The van der Waals surface area contributed by atoms with E-state index in [9.17, 15) is 4.79 Å². The molecule has 0 aliphatic rings. The molecule has 2 heterocycles. The summed E-state index contributed by atoms with van der Waals surface area (Å²) in [5, 5.41) is 12.0. The number of rotatable bonds is 7. The molecular weight excluding hydrogens is 434 g/mol. The maximum Gasteiger partial charge on any atom is 0.237 e. The third-order valence-corrected chi connectivity index (χ3v) is 6.29. The van der Waals surface area contributed by atoms with E-state index in [1.54, 1.807) is 0 Å². The second-order valence-electron chi connectivity index (χ2n) is 4.40. The van der Waals surface area contributed by atoms with Crippen LogP contribution >= 0.6 is 50.8 Å². The molecule has 0 saturated heterocycles. The molecule has 3 rings (SSSR count). The molecule has 0 spiro atoms. The van der Waals surface area contributed by atoms with Crippen molar-refractivity contribution in [2.24, 2.45) is 5.73 Å². The molecule has 2 N–H and O–H groups in total. The molecule has 0 aliphatic carbocycles. The normalized spacial score (nSPS) is 10.9. The quantitative estimate of drug-likeness (QED) is 0.554. The minimum Gasteiger partial charge on any atom is -0.369 e. The first-order chi connectivity index (χ1) is 11.6. The van der Waals surface area contributed by atoms with Gasteiger partial charge in [0, 0.05) is 10.0 Å². The summed E-state index contributed by atoms with van der Waals surface area (Å²) in [6, 6.07) is 7.69. The molecule has 0 unspecified atom stereocenters.